The van der Waals surface area contributed by atoms with Crippen LogP contribution in [-0.2, 0) is 4.74 Å². The topological polar surface area (TPSA) is 69.9 Å². The normalized spacial score (nSPS) is 42.2. The summed E-state index contributed by atoms with van der Waals surface area (Å²) in [6, 6.07) is 0. The van der Waals surface area contributed by atoms with Gasteiger partial charge in [-0.25, -0.2) is 0 Å². The van der Waals surface area contributed by atoms with Gasteiger partial charge in [0.1, 0.15) is 0 Å². The Balaban J connectivity index is 2.55. The molecule has 1 saturated carbocycles. The minimum atomic E-state index is -0.686. The van der Waals surface area contributed by atoms with Crippen molar-refractivity contribution in [1.82, 2.24) is 0 Å². The van der Waals surface area contributed by atoms with E-state index < -0.39 is 12.2 Å². The first-order valence-corrected chi connectivity index (χ1v) is 5.04. The van der Waals surface area contributed by atoms with Gasteiger partial charge in [0.05, 0.1) is 18.8 Å². The Hall–Kier alpha value is -0.160. The lowest BCUT2D eigenvalue weighted by atomic mass is 9.55. The van der Waals surface area contributed by atoms with Gasteiger partial charge in [0.25, 0.3) is 0 Å². The first kappa shape index (κ1) is 11.9. The predicted molar refractivity (Wildman–Crippen MR) is 51.8 cm³/mol. The number of ether oxygens (including phenoxy) is 1. The maximum Gasteiger partial charge on any atom is 0.0860 e. The Kier molecular flexibility index (Phi) is 3.89. The molecule has 14 heavy (non-hydrogen) atoms. The molecule has 1 aliphatic rings. The van der Waals surface area contributed by atoms with Gasteiger partial charge in [-0.3, -0.25) is 0 Å². The Bertz CT molecular complexity index is 185. The molecule has 0 aliphatic heterocycles. The summed E-state index contributed by atoms with van der Waals surface area (Å²) in [6.07, 6.45) is 0.00354. The summed E-state index contributed by atoms with van der Waals surface area (Å²) in [4.78, 5) is 0. The lowest BCUT2D eigenvalue weighted by Gasteiger charge is -2.55. The standard InChI is InChI=1S/C10H20O4/c1-10(4-3-5-11)7(6-14-2)8(12)9(10)13/h7-9,11-13H,3-6H2,1-2H3. The summed E-state index contributed by atoms with van der Waals surface area (Å²) in [5.41, 5.74) is -0.307. The molecule has 0 saturated heterocycles. The van der Waals surface area contributed by atoms with Crippen molar-refractivity contribution in [1.29, 1.82) is 0 Å². The Morgan fingerprint density at radius 1 is 1.36 bits per heavy atom. The summed E-state index contributed by atoms with van der Waals surface area (Å²) < 4.78 is 5.01. The third-order valence-electron chi connectivity index (χ3n) is 3.48. The molecule has 4 nitrogen and oxygen atoms in total. The number of aliphatic hydroxyl groups is 3. The number of aliphatic hydroxyl groups excluding tert-OH is 3. The summed E-state index contributed by atoms with van der Waals surface area (Å²) in [6.45, 7) is 2.52. The molecule has 4 atom stereocenters. The third kappa shape index (κ3) is 1.80. The van der Waals surface area contributed by atoms with Crippen LogP contribution in [0.2, 0.25) is 0 Å². The van der Waals surface area contributed by atoms with Gasteiger partial charge < -0.3 is 20.1 Å². The second kappa shape index (κ2) is 4.57. The fraction of sp³-hybridized carbons (Fsp3) is 1.00. The van der Waals surface area contributed by atoms with Gasteiger partial charge in [-0.1, -0.05) is 6.92 Å². The molecular formula is C10H20O4. The second-order valence-corrected chi connectivity index (χ2v) is 4.33. The Labute approximate surface area is 84.5 Å². The average Bonchev–Trinajstić information content (AvgIpc) is 2.21. The van der Waals surface area contributed by atoms with Crippen LogP contribution < -0.4 is 0 Å². The smallest absolute Gasteiger partial charge is 0.0860 e. The molecule has 0 spiro atoms. The van der Waals surface area contributed by atoms with Gasteiger partial charge in [-0.05, 0) is 12.8 Å². The molecule has 0 radical (unpaired) electrons. The van der Waals surface area contributed by atoms with E-state index in [1.807, 2.05) is 6.92 Å². The molecule has 4 unspecified atom stereocenters. The van der Waals surface area contributed by atoms with Gasteiger partial charge in [0, 0.05) is 25.0 Å². The van der Waals surface area contributed by atoms with Gasteiger partial charge in [-0.2, -0.15) is 0 Å². The summed E-state index contributed by atoms with van der Waals surface area (Å²) in [5.74, 6) is -0.0194. The third-order valence-corrected chi connectivity index (χ3v) is 3.48. The van der Waals surface area contributed by atoms with Crippen molar-refractivity contribution in [3.8, 4) is 0 Å². The van der Waals surface area contributed by atoms with Gasteiger partial charge >= 0.3 is 0 Å². The molecule has 1 rings (SSSR count). The van der Waals surface area contributed by atoms with Crippen LogP contribution in [0.5, 0.6) is 0 Å². The molecule has 1 fully saturated rings. The van der Waals surface area contributed by atoms with Crippen LogP contribution in [0.25, 0.3) is 0 Å². The maximum absolute atomic E-state index is 9.67. The van der Waals surface area contributed by atoms with Crippen molar-refractivity contribution in [2.45, 2.75) is 32.0 Å². The quantitative estimate of drug-likeness (QED) is 0.578. The van der Waals surface area contributed by atoms with Gasteiger partial charge in [0.15, 0.2) is 0 Å². The zero-order valence-corrected chi connectivity index (χ0v) is 8.81. The SMILES string of the molecule is COCC1C(O)C(O)C1(C)CCCO. The van der Waals surface area contributed by atoms with E-state index in [9.17, 15) is 10.2 Å². The fourth-order valence-corrected chi connectivity index (χ4v) is 2.36. The first-order chi connectivity index (χ1) is 6.57. The number of hydrogen-bond donors (Lipinski definition) is 3. The highest BCUT2D eigenvalue weighted by Crippen LogP contribution is 2.49. The Morgan fingerprint density at radius 2 is 2.00 bits per heavy atom. The molecule has 0 heterocycles. The van der Waals surface area contributed by atoms with E-state index in [0.29, 0.717) is 13.0 Å². The maximum atomic E-state index is 9.67. The van der Waals surface area contributed by atoms with Crippen LogP contribution in [0, 0.1) is 11.3 Å². The predicted octanol–water partition coefficient (Wildman–Crippen LogP) is -0.237. The minimum absolute atomic E-state index is 0.0194. The summed E-state index contributed by atoms with van der Waals surface area (Å²) >= 11 is 0. The molecule has 3 N–H and O–H groups in total. The van der Waals surface area contributed by atoms with Crippen molar-refractivity contribution in [2.75, 3.05) is 20.3 Å². The lowest BCUT2D eigenvalue weighted by molar-refractivity contribution is -0.226. The Morgan fingerprint density at radius 3 is 2.50 bits per heavy atom. The van der Waals surface area contributed by atoms with Gasteiger partial charge in [0.2, 0.25) is 0 Å². The molecule has 0 aromatic rings. The lowest BCUT2D eigenvalue weighted by Crippen LogP contribution is -2.64. The van der Waals surface area contributed by atoms with Crippen molar-refractivity contribution < 1.29 is 20.1 Å². The largest absolute Gasteiger partial charge is 0.396 e. The highest BCUT2D eigenvalue weighted by molar-refractivity contribution is 5.06. The van der Waals surface area contributed by atoms with Crippen molar-refractivity contribution in [3.63, 3.8) is 0 Å². The van der Waals surface area contributed by atoms with Crippen molar-refractivity contribution in [3.05, 3.63) is 0 Å². The van der Waals surface area contributed by atoms with Crippen molar-refractivity contribution in [2.24, 2.45) is 11.3 Å². The van der Waals surface area contributed by atoms with E-state index in [1.54, 1.807) is 7.11 Å². The van der Waals surface area contributed by atoms with Crippen LogP contribution in [0.1, 0.15) is 19.8 Å². The molecule has 0 aromatic carbocycles. The number of methoxy groups -OCH3 is 1. The molecular weight excluding hydrogens is 184 g/mol. The molecule has 4 heteroatoms. The van der Waals surface area contributed by atoms with Crippen LogP contribution in [-0.4, -0.2) is 47.9 Å². The van der Waals surface area contributed by atoms with Crippen LogP contribution in [0.3, 0.4) is 0 Å². The van der Waals surface area contributed by atoms with E-state index in [1.165, 1.54) is 0 Å². The minimum Gasteiger partial charge on any atom is -0.396 e. The van der Waals surface area contributed by atoms with Crippen molar-refractivity contribution >= 4 is 0 Å². The van der Waals surface area contributed by atoms with Crippen LogP contribution in [0.4, 0.5) is 0 Å². The molecule has 0 bridgehead atoms. The van der Waals surface area contributed by atoms with E-state index in [4.69, 9.17) is 9.84 Å². The van der Waals surface area contributed by atoms with E-state index in [2.05, 4.69) is 0 Å². The number of hydrogen-bond acceptors (Lipinski definition) is 4. The molecule has 1 aliphatic carbocycles. The second-order valence-electron chi connectivity index (χ2n) is 4.33. The zero-order chi connectivity index (χ0) is 10.8. The van der Waals surface area contributed by atoms with E-state index in [0.717, 1.165) is 6.42 Å². The molecule has 84 valence electrons. The average molecular weight is 204 g/mol. The van der Waals surface area contributed by atoms with Crippen LogP contribution >= 0.6 is 0 Å². The number of rotatable bonds is 5. The van der Waals surface area contributed by atoms with E-state index >= 15 is 0 Å². The van der Waals surface area contributed by atoms with E-state index in [-0.39, 0.29) is 17.9 Å². The highest BCUT2D eigenvalue weighted by atomic mass is 16.5. The molecule has 0 aromatic heterocycles. The fourth-order valence-electron chi connectivity index (χ4n) is 2.36. The van der Waals surface area contributed by atoms with Gasteiger partial charge in [-0.15, -0.1) is 0 Å². The summed E-state index contributed by atoms with van der Waals surface area (Å²) in [7, 11) is 1.59. The highest BCUT2D eigenvalue weighted by Gasteiger charge is 2.57. The zero-order valence-electron chi connectivity index (χ0n) is 8.81. The first-order valence-electron chi connectivity index (χ1n) is 5.04. The monoisotopic (exact) mass is 204 g/mol. The van der Waals surface area contributed by atoms with Crippen LogP contribution in [0.15, 0.2) is 0 Å². The molecule has 0 amide bonds. The summed E-state index contributed by atoms with van der Waals surface area (Å²) in [5, 5.41) is 28.0.